The molecule has 0 amide bonds. The van der Waals surface area contributed by atoms with Gasteiger partial charge in [-0.3, -0.25) is 4.99 Å². The van der Waals surface area contributed by atoms with Crippen molar-refractivity contribution in [1.82, 2.24) is 15.5 Å². The molecule has 0 spiro atoms. The van der Waals surface area contributed by atoms with Crippen LogP contribution in [0.5, 0.6) is 0 Å². The number of hydrogen-bond donors (Lipinski definition) is 2. The Bertz CT molecular complexity index is 516. The van der Waals surface area contributed by atoms with Crippen LogP contribution < -0.4 is 15.5 Å². The van der Waals surface area contributed by atoms with Gasteiger partial charge in [0.05, 0.1) is 6.54 Å². The zero-order valence-electron chi connectivity index (χ0n) is 16.3. The monoisotopic (exact) mass is 345 g/mol. The number of anilines is 1. The second kappa shape index (κ2) is 10.3. The third kappa shape index (κ3) is 6.24. The van der Waals surface area contributed by atoms with Crippen molar-refractivity contribution in [2.24, 2.45) is 4.99 Å². The molecule has 1 aromatic carbocycles. The van der Waals surface area contributed by atoms with Gasteiger partial charge in [-0.15, -0.1) is 0 Å². The number of nitrogens with zero attached hydrogens (tertiary/aromatic N) is 3. The number of aliphatic imine (C=N–C) groups is 1. The van der Waals surface area contributed by atoms with Gasteiger partial charge in [-0.2, -0.15) is 0 Å². The van der Waals surface area contributed by atoms with E-state index in [1.54, 1.807) is 0 Å². The third-order valence-corrected chi connectivity index (χ3v) is 5.06. The van der Waals surface area contributed by atoms with E-state index in [4.69, 9.17) is 4.99 Å². The second-order valence-electron chi connectivity index (χ2n) is 6.91. The first-order chi connectivity index (χ1) is 12.1. The fraction of sp³-hybridized carbons (Fsp3) is 0.650. The Kier molecular flexibility index (Phi) is 8.06. The summed E-state index contributed by atoms with van der Waals surface area (Å²) in [5.74, 6) is 0.944. The van der Waals surface area contributed by atoms with Crippen LogP contribution in [0.4, 0.5) is 5.69 Å². The lowest BCUT2D eigenvalue weighted by molar-refractivity contribution is 0.259. The lowest BCUT2D eigenvalue weighted by Gasteiger charge is -2.23. The molecule has 2 N–H and O–H groups in total. The van der Waals surface area contributed by atoms with Crippen LogP contribution in [0.25, 0.3) is 0 Å². The summed E-state index contributed by atoms with van der Waals surface area (Å²) in [6.45, 7) is 11.4. The van der Waals surface area contributed by atoms with Crippen LogP contribution in [0.3, 0.4) is 0 Å². The molecule has 5 nitrogen and oxygen atoms in total. The van der Waals surface area contributed by atoms with E-state index in [1.165, 1.54) is 12.1 Å². The molecule has 1 heterocycles. The molecule has 0 saturated carbocycles. The molecule has 1 saturated heterocycles. The predicted molar refractivity (Wildman–Crippen MR) is 109 cm³/mol. The summed E-state index contributed by atoms with van der Waals surface area (Å²) >= 11 is 0. The van der Waals surface area contributed by atoms with Gasteiger partial charge in [-0.25, -0.2) is 0 Å². The average molecular weight is 346 g/mol. The summed E-state index contributed by atoms with van der Waals surface area (Å²) in [4.78, 5) is 9.58. The van der Waals surface area contributed by atoms with E-state index in [-0.39, 0.29) is 0 Å². The normalized spacial score (nSPS) is 19.3. The van der Waals surface area contributed by atoms with Crippen molar-refractivity contribution in [1.29, 1.82) is 0 Å². The topological polar surface area (TPSA) is 42.9 Å². The number of rotatable bonds is 8. The molecule has 140 valence electrons. The van der Waals surface area contributed by atoms with Crippen LogP contribution in [0.15, 0.2) is 35.3 Å². The van der Waals surface area contributed by atoms with Gasteiger partial charge >= 0.3 is 0 Å². The summed E-state index contributed by atoms with van der Waals surface area (Å²) in [5, 5.41) is 7.00. The highest BCUT2D eigenvalue weighted by atomic mass is 15.2. The Balaban J connectivity index is 1.83. The molecule has 1 aliphatic heterocycles. The summed E-state index contributed by atoms with van der Waals surface area (Å²) < 4.78 is 0. The third-order valence-electron chi connectivity index (χ3n) is 5.06. The van der Waals surface area contributed by atoms with Crippen LogP contribution in [-0.2, 0) is 0 Å². The fourth-order valence-electron chi connectivity index (χ4n) is 3.12. The van der Waals surface area contributed by atoms with Crippen LogP contribution in [0, 0.1) is 0 Å². The second-order valence-corrected chi connectivity index (χ2v) is 6.91. The molecule has 25 heavy (non-hydrogen) atoms. The van der Waals surface area contributed by atoms with Crippen molar-refractivity contribution in [3.8, 4) is 0 Å². The minimum Gasteiger partial charge on any atom is -0.369 e. The Labute approximate surface area is 153 Å². The maximum Gasteiger partial charge on any atom is 0.191 e. The van der Waals surface area contributed by atoms with Crippen molar-refractivity contribution in [2.45, 2.75) is 45.7 Å². The molecule has 0 aliphatic carbocycles. The maximum absolute atomic E-state index is 4.77. The van der Waals surface area contributed by atoms with E-state index in [0.717, 1.165) is 45.1 Å². The van der Waals surface area contributed by atoms with Gasteiger partial charge in [0.15, 0.2) is 5.96 Å². The van der Waals surface area contributed by atoms with Crippen molar-refractivity contribution in [3.05, 3.63) is 30.3 Å². The molecular weight excluding hydrogens is 310 g/mol. The molecule has 2 atom stereocenters. The van der Waals surface area contributed by atoms with Crippen LogP contribution in [0.2, 0.25) is 0 Å². The molecule has 5 heteroatoms. The van der Waals surface area contributed by atoms with Gasteiger partial charge in [-0.1, -0.05) is 25.1 Å². The molecule has 2 rings (SSSR count). The molecule has 1 fully saturated rings. The highest BCUT2D eigenvalue weighted by molar-refractivity contribution is 5.80. The summed E-state index contributed by atoms with van der Waals surface area (Å²) in [6, 6.07) is 11.7. The zero-order chi connectivity index (χ0) is 18.1. The van der Waals surface area contributed by atoms with Gasteiger partial charge in [0.1, 0.15) is 0 Å². The number of likely N-dealkylation sites (N-methyl/N-ethyl adjacent to an activating group) is 1. The van der Waals surface area contributed by atoms with Gasteiger partial charge < -0.3 is 20.4 Å². The summed E-state index contributed by atoms with van der Waals surface area (Å²) in [7, 11) is 2.18. The lowest BCUT2D eigenvalue weighted by Crippen LogP contribution is -2.45. The average Bonchev–Trinajstić information content (AvgIpc) is 3.10. The predicted octanol–water partition coefficient (Wildman–Crippen LogP) is 2.55. The molecule has 0 radical (unpaired) electrons. The number of guanidine groups is 1. The SMILES string of the molecule is CCNC(=NCCN(C)C(C)CC)NC1CCN(c2ccccc2)C1. The molecular formula is C20H35N5. The van der Waals surface area contributed by atoms with Crippen molar-refractivity contribution >= 4 is 11.6 Å². The first-order valence-corrected chi connectivity index (χ1v) is 9.69. The van der Waals surface area contributed by atoms with E-state index >= 15 is 0 Å². The summed E-state index contributed by atoms with van der Waals surface area (Å²) in [6.07, 6.45) is 2.32. The molecule has 1 aromatic rings. The number of para-hydroxylation sites is 1. The quantitative estimate of drug-likeness (QED) is 0.561. The van der Waals surface area contributed by atoms with Gasteiger partial charge in [0.2, 0.25) is 0 Å². The fourth-order valence-corrected chi connectivity index (χ4v) is 3.12. The van der Waals surface area contributed by atoms with Crippen molar-refractivity contribution < 1.29 is 0 Å². The van der Waals surface area contributed by atoms with E-state index in [9.17, 15) is 0 Å². The number of nitrogens with one attached hydrogen (secondary N) is 2. The van der Waals surface area contributed by atoms with E-state index in [1.807, 2.05) is 0 Å². The smallest absolute Gasteiger partial charge is 0.191 e. The largest absolute Gasteiger partial charge is 0.369 e. The zero-order valence-corrected chi connectivity index (χ0v) is 16.3. The number of hydrogen-bond acceptors (Lipinski definition) is 3. The highest BCUT2D eigenvalue weighted by Gasteiger charge is 2.23. The van der Waals surface area contributed by atoms with Crippen LogP contribution >= 0.6 is 0 Å². The first-order valence-electron chi connectivity index (χ1n) is 9.69. The van der Waals surface area contributed by atoms with E-state index in [0.29, 0.717) is 12.1 Å². The Morgan fingerprint density at radius 3 is 2.76 bits per heavy atom. The molecule has 0 aromatic heterocycles. The van der Waals surface area contributed by atoms with Gasteiger partial charge in [0.25, 0.3) is 0 Å². The van der Waals surface area contributed by atoms with Crippen molar-refractivity contribution in [3.63, 3.8) is 0 Å². The van der Waals surface area contributed by atoms with E-state index < -0.39 is 0 Å². The van der Waals surface area contributed by atoms with Gasteiger partial charge in [-0.05, 0) is 45.9 Å². The lowest BCUT2D eigenvalue weighted by atomic mass is 10.2. The van der Waals surface area contributed by atoms with Gasteiger partial charge in [0, 0.05) is 44.0 Å². The maximum atomic E-state index is 4.77. The van der Waals surface area contributed by atoms with E-state index in [2.05, 4.69) is 78.6 Å². The Morgan fingerprint density at radius 2 is 2.08 bits per heavy atom. The minimum absolute atomic E-state index is 0.449. The number of benzene rings is 1. The van der Waals surface area contributed by atoms with Crippen LogP contribution in [0.1, 0.15) is 33.6 Å². The highest BCUT2D eigenvalue weighted by Crippen LogP contribution is 2.19. The first kappa shape index (κ1) is 19.6. The van der Waals surface area contributed by atoms with Crippen LogP contribution in [-0.4, -0.2) is 62.7 Å². The minimum atomic E-state index is 0.449. The Morgan fingerprint density at radius 1 is 1.32 bits per heavy atom. The molecule has 0 bridgehead atoms. The van der Waals surface area contributed by atoms with Crippen molar-refractivity contribution in [2.75, 3.05) is 44.7 Å². The summed E-state index contributed by atoms with van der Waals surface area (Å²) in [5.41, 5.74) is 1.31. The molecule has 2 unspecified atom stereocenters. The molecule has 1 aliphatic rings. The standard InChI is InChI=1S/C20H35N5/c1-5-17(3)24(4)15-13-22-20(21-6-2)23-18-12-14-25(16-18)19-10-8-7-9-11-19/h7-11,17-18H,5-6,12-16H2,1-4H3,(H2,21,22,23). The Hall–Kier alpha value is -1.75.